The maximum Gasteiger partial charge on any atom is 0.238 e. The van der Waals surface area contributed by atoms with Gasteiger partial charge in [-0.2, -0.15) is 9.97 Å². The molecule has 7 nitrogen and oxygen atoms in total. The predicted molar refractivity (Wildman–Crippen MR) is 165 cm³/mol. The molecule has 0 saturated heterocycles. The third-order valence-corrected chi connectivity index (χ3v) is 7.80. The molecule has 196 valence electrons. The predicted octanol–water partition coefficient (Wildman–Crippen LogP) is 8.15. The lowest BCUT2D eigenvalue weighted by Gasteiger charge is -2.11. The first-order valence-electron chi connectivity index (χ1n) is 13.7. The molecule has 0 fully saturated rings. The lowest BCUT2D eigenvalue weighted by atomic mass is 10.1. The second kappa shape index (κ2) is 8.78. The molecule has 0 radical (unpaired) electrons. The van der Waals surface area contributed by atoms with E-state index in [0.29, 0.717) is 17.6 Å². The van der Waals surface area contributed by atoms with E-state index in [-0.39, 0.29) is 0 Å². The zero-order valence-corrected chi connectivity index (χ0v) is 22.1. The van der Waals surface area contributed by atoms with Crippen LogP contribution in [0, 0.1) is 0 Å². The fourth-order valence-electron chi connectivity index (χ4n) is 5.92. The zero-order chi connectivity index (χ0) is 27.6. The van der Waals surface area contributed by atoms with Crippen molar-refractivity contribution in [2.24, 2.45) is 0 Å². The number of fused-ring (bicyclic) bond motifs is 9. The first kappa shape index (κ1) is 22.8. The van der Waals surface area contributed by atoms with Gasteiger partial charge < -0.3 is 4.42 Å². The van der Waals surface area contributed by atoms with E-state index < -0.39 is 0 Å². The second-order valence-electron chi connectivity index (χ2n) is 10.2. The van der Waals surface area contributed by atoms with Crippen molar-refractivity contribution in [1.29, 1.82) is 0 Å². The van der Waals surface area contributed by atoms with Crippen LogP contribution in [0.15, 0.2) is 126 Å². The van der Waals surface area contributed by atoms with Crippen molar-refractivity contribution < 1.29 is 4.42 Å². The van der Waals surface area contributed by atoms with E-state index in [0.717, 1.165) is 65.8 Å². The largest absolute Gasteiger partial charge is 0.454 e. The Hall–Kier alpha value is -5.95. The van der Waals surface area contributed by atoms with Crippen molar-refractivity contribution >= 4 is 54.6 Å². The van der Waals surface area contributed by atoms with Crippen molar-refractivity contribution in [3.05, 3.63) is 122 Å². The molecule has 0 unspecified atom stereocenters. The molecule has 7 heteroatoms. The molecule has 5 aromatic carbocycles. The molecule has 4 aromatic heterocycles. The quantitative estimate of drug-likeness (QED) is 0.225. The molecule has 0 N–H and O–H groups in total. The Kier molecular flexibility index (Phi) is 4.77. The highest BCUT2D eigenvalue weighted by Crippen LogP contribution is 2.41. The van der Waals surface area contributed by atoms with Gasteiger partial charge in [0, 0.05) is 44.3 Å². The molecular formula is C35H20N6O. The van der Waals surface area contributed by atoms with Crippen LogP contribution >= 0.6 is 0 Å². The summed E-state index contributed by atoms with van der Waals surface area (Å²) in [4.78, 5) is 24.0. The summed E-state index contributed by atoms with van der Waals surface area (Å²) in [6.45, 7) is 0. The van der Waals surface area contributed by atoms with Gasteiger partial charge in [-0.15, -0.1) is 0 Å². The van der Waals surface area contributed by atoms with Gasteiger partial charge in [-0.25, -0.2) is 15.0 Å². The Balaban J connectivity index is 1.48. The molecule has 9 aromatic rings. The Morgan fingerprint density at radius 3 is 2.05 bits per heavy atom. The Labute approximate surface area is 238 Å². The van der Waals surface area contributed by atoms with Crippen molar-refractivity contribution in [1.82, 2.24) is 29.5 Å². The first-order valence-corrected chi connectivity index (χ1v) is 13.7. The summed E-state index contributed by atoms with van der Waals surface area (Å²) >= 11 is 0. The first-order chi connectivity index (χ1) is 20.8. The normalized spacial score (nSPS) is 11.8. The molecule has 0 bridgehead atoms. The van der Waals surface area contributed by atoms with Gasteiger partial charge >= 0.3 is 0 Å². The Bertz CT molecular complexity index is 2410. The van der Waals surface area contributed by atoms with Gasteiger partial charge in [0.1, 0.15) is 17.4 Å². The van der Waals surface area contributed by atoms with Crippen LogP contribution in [0.1, 0.15) is 0 Å². The van der Waals surface area contributed by atoms with Crippen LogP contribution in [-0.4, -0.2) is 29.5 Å². The maximum atomic E-state index is 6.57. The van der Waals surface area contributed by atoms with E-state index in [2.05, 4.69) is 33.8 Å². The van der Waals surface area contributed by atoms with Crippen LogP contribution in [-0.2, 0) is 0 Å². The molecule has 9 rings (SSSR count). The summed E-state index contributed by atoms with van der Waals surface area (Å²) < 4.78 is 8.67. The average molecular weight is 541 g/mol. The summed E-state index contributed by atoms with van der Waals surface area (Å²) in [5.41, 5.74) is 6.09. The SMILES string of the molecule is c1ccc(-c2nc(-c3ccccc3)nc(-n3c4ccc5cncnc5c4c4ccc5c6ccccc6oc5c43)n2)cc1. The minimum absolute atomic E-state index is 0.504. The molecule has 0 aliphatic rings. The van der Waals surface area contributed by atoms with E-state index in [1.54, 1.807) is 6.33 Å². The number of rotatable bonds is 3. The summed E-state index contributed by atoms with van der Waals surface area (Å²) in [6.07, 6.45) is 3.43. The van der Waals surface area contributed by atoms with Crippen LogP contribution in [0.4, 0.5) is 0 Å². The van der Waals surface area contributed by atoms with E-state index in [1.807, 2.05) is 91.1 Å². The van der Waals surface area contributed by atoms with Gasteiger partial charge in [-0.3, -0.25) is 4.57 Å². The Morgan fingerprint density at radius 1 is 0.595 bits per heavy atom. The topological polar surface area (TPSA) is 82.5 Å². The Morgan fingerprint density at radius 2 is 1.29 bits per heavy atom. The van der Waals surface area contributed by atoms with E-state index in [9.17, 15) is 0 Å². The summed E-state index contributed by atoms with van der Waals surface area (Å²) in [5.74, 6) is 1.69. The zero-order valence-electron chi connectivity index (χ0n) is 22.1. The standard InChI is InChI=1S/C35H20N6O/c1-3-9-21(10-4-1)33-38-34(22-11-5-2-6-12-22)40-35(39-33)41-27-18-15-23-19-36-20-37-30(23)29(27)26-17-16-25-24-13-7-8-14-28(24)42-32(25)31(26)41/h1-20H. The van der Waals surface area contributed by atoms with Gasteiger partial charge in [0.2, 0.25) is 5.95 Å². The lowest BCUT2D eigenvalue weighted by Crippen LogP contribution is -2.06. The molecule has 0 aliphatic heterocycles. The molecule has 4 heterocycles. The van der Waals surface area contributed by atoms with E-state index in [4.69, 9.17) is 24.4 Å². The molecule has 0 amide bonds. The van der Waals surface area contributed by atoms with Crippen LogP contribution < -0.4 is 0 Å². The number of benzene rings is 5. The van der Waals surface area contributed by atoms with Crippen LogP contribution in [0.25, 0.3) is 83.4 Å². The van der Waals surface area contributed by atoms with Gasteiger partial charge in [0.25, 0.3) is 0 Å². The smallest absolute Gasteiger partial charge is 0.238 e. The third-order valence-electron chi connectivity index (χ3n) is 7.80. The van der Waals surface area contributed by atoms with Gasteiger partial charge in [-0.1, -0.05) is 84.9 Å². The maximum absolute atomic E-state index is 6.57. The highest BCUT2D eigenvalue weighted by atomic mass is 16.3. The highest BCUT2D eigenvalue weighted by Gasteiger charge is 2.23. The van der Waals surface area contributed by atoms with E-state index >= 15 is 0 Å². The molecule has 0 atom stereocenters. The fourth-order valence-corrected chi connectivity index (χ4v) is 5.92. The summed E-state index contributed by atoms with van der Waals surface area (Å²) in [6, 6.07) is 36.5. The number of para-hydroxylation sites is 1. The van der Waals surface area contributed by atoms with Crippen molar-refractivity contribution in [3.8, 4) is 28.7 Å². The monoisotopic (exact) mass is 540 g/mol. The third kappa shape index (κ3) is 3.31. The minimum Gasteiger partial charge on any atom is -0.454 e. The number of furan rings is 1. The van der Waals surface area contributed by atoms with E-state index in [1.165, 1.54) is 0 Å². The molecule has 0 spiro atoms. The lowest BCUT2D eigenvalue weighted by molar-refractivity contribution is 0.670. The summed E-state index contributed by atoms with van der Waals surface area (Å²) in [7, 11) is 0. The average Bonchev–Trinajstić information content (AvgIpc) is 3.61. The second-order valence-corrected chi connectivity index (χ2v) is 10.2. The number of nitrogens with zero attached hydrogens (tertiary/aromatic N) is 6. The van der Waals surface area contributed by atoms with Crippen LogP contribution in [0.3, 0.4) is 0 Å². The molecule has 0 saturated carbocycles. The van der Waals surface area contributed by atoms with Crippen molar-refractivity contribution in [3.63, 3.8) is 0 Å². The van der Waals surface area contributed by atoms with Crippen LogP contribution in [0.2, 0.25) is 0 Å². The number of hydrogen-bond acceptors (Lipinski definition) is 6. The minimum atomic E-state index is 0.504. The van der Waals surface area contributed by atoms with Gasteiger partial charge in [-0.05, 0) is 24.3 Å². The van der Waals surface area contributed by atoms with Crippen molar-refractivity contribution in [2.45, 2.75) is 0 Å². The van der Waals surface area contributed by atoms with Gasteiger partial charge in [0.15, 0.2) is 17.2 Å². The molecule has 0 aliphatic carbocycles. The highest BCUT2D eigenvalue weighted by molar-refractivity contribution is 6.26. The number of aromatic nitrogens is 6. The fraction of sp³-hybridized carbons (Fsp3) is 0. The molecule has 42 heavy (non-hydrogen) atoms. The molecular weight excluding hydrogens is 520 g/mol. The van der Waals surface area contributed by atoms with Crippen LogP contribution in [0.5, 0.6) is 0 Å². The number of hydrogen-bond donors (Lipinski definition) is 0. The van der Waals surface area contributed by atoms with Crippen molar-refractivity contribution in [2.75, 3.05) is 0 Å². The van der Waals surface area contributed by atoms with Gasteiger partial charge in [0.05, 0.1) is 11.0 Å². The summed E-state index contributed by atoms with van der Waals surface area (Å²) in [5, 5.41) is 5.05.